The van der Waals surface area contributed by atoms with E-state index in [2.05, 4.69) is 13.8 Å². The van der Waals surface area contributed by atoms with Gasteiger partial charge in [-0.1, -0.05) is 46.1 Å². The van der Waals surface area contributed by atoms with E-state index in [1.54, 1.807) is 6.92 Å². The van der Waals surface area contributed by atoms with E-state index in [1.807, 2.05) is 0 Å². The predicted octanol–water partition coefficient (Wildman–Crippen LogP) is 6.65. The molecule has 1 aliphatic rings. The molecule has 3 atom stereocenters. The molecule has 0 bridgehead atoms. The van der Waals surface area contributed by atoms with Crippen molar-refractivity contribution in [2.75, 3.05) is 0 Å². The molecule has 1 aromatic carbocycles. The van der Waals surface area contributed by atoms with E-state index < -0.39 is 23.7 Å². The van der Waals surface area contributed by atoms with Crippen LogP contribution >= 0.6 is 0 Å². The Hall–Kier alpha value is -0.990. The normalized spacial score (nSPS) is 25.8. The van der Waals surface area contributed by atoms with E-state index >= 15 is 0 Å². The summed E-state index contributed by atoms with van der Waals surface area (Å²) in [6.45, 7) is 6.20. The molecule has 0 nitrogen and oxygen atoms in total. The quantitative estimate of drug-likeness (QED) is 0.549. The molecular weight excluding hydrogens is 297 g/mol. The fourth-order valence-corrected chi connectivity index (χ4v) is 3.95. The first-order valence-corrected chi connectivity index (χ1v) is 9.01. The van der Waals surface area contributed by atoms with Crippen LogP contribution < -0.4 is 0 Å². The van der Waals surface area contributed by atoms with Crippen molar-refractivity contribution >= 4 is 0 Å². The summed E-state index contributed by atoms with van der Waals surface area (Å²) in [6.07, 6.45) is 5.40. The van der Waals surface area contributed by atoms with Crippen molar-refractivity contribution in [3.05, 3.63) is 35.4 Å². The van der Waals surface area contributed by atoms with Crippen LogP contribution in [0.2, 0.25) is 0 Å². The van der Waals surface area contributed by atoms with Gasteiger partial charge in [0.25, 0.3) is 0 Å². The molecule has 0 spiro atoms. The van der Waals surface area contributed by atoms with Gasteiger partial charge in [-0.05, 0) is 54.7 Å². The molecule has 0 aliphatic heterocycles. The Balaban J connectivity index is 1.97. The topological polar surface area (TPSA) is 0 Å². The molecule has 0 heterocycles. The number of halogens is 3. The maximum Gasteiger partial charge on any atom is 0.159 e. The molecule has 0 amide bonds. The third-order valence-electron chi connectivity index (χ3n) is 5.79. The van der Waals surface area contributed by atoms with Crippen molar-refractivity contribution in [3.8, 4) is 0 Å². The molecule has 0 aromatic heterocycles. The van der Waals surface area contributed by atoms with Crippen molar-refractivity contribution in [3.63, 3.8) is 0 Å². The van der Waals surface area contributed by atoms with Crippen LogP contribution in [0.5, 0.6) is 0 Å². The average molecular weight is 326 g/mol. The van der Waals surface area contributed by atoms with Gasteiger partial charge >= 0.3 is 0 Å². The molecule has 0 saturated heterocycles. The van der Waals surface area contributed by atoms with Gasteiger partial charge in [-0.15, -0.1) is 0 Å². The first kappa shape index (κ1) is 18.4. The molecular formula is C20H29F3. The van der Waals surface area contributed by atoms with Crippen LogP contribution in [-0.4, -0.2) is 6.17 Å². The molecule has 3 heteroatoms. The van der Waals surface area contributed by atoms with Gasteiger partial charge in [-0.25, -0.2) is 13.2 Å². The molecule has 0 radical (unpaired) electrons. The second-order valence-corrected chi connectivity index (χ2v) is 7.40. The number of hydrogen-bond acceptors (Lipinski definition) is 0. The van der Waals surface area contributed by atoms with Crippen LogP contribution in [0.1, 0.15) is 70.8 Å². The molecule has 2 rings (SSSR count). The van der Waals surface area contributed by atoms with Gasteiger partial charge in [0.2, 0.25) is 0 Å². The Bertz CT molecular complexity index is 492. The fraction of sp³-hybridized carbons (Fsp3) is 0.700. The Morgan fingerprint density at radius 2 is 1.74 bits per heavy atom. The van der Waals surface area contributed by atoms with Crippen LogP contribution in [0, 0.1) is 29.4 Å². The number of hydrogen-bond donors (Lipinski definition) is 0. The van der Waals surface area contributed by atoms with E-state index in [0.29, 0.717) is 23.8 Å². The second-order valence-electron chi connectivity index (χ2n) is 7.40. The summed E-state index contributed by atoms with van der Waals surface area (Å²) in [7, 11) is 0. The van der Waals surface area contributed by atoms with Gasteiger partial charge in [-0.3, -0.25) is 0 Å². The van der Waals surface area contributed by atoms with Crippen molar-refractivity contribution in [2.45, 2.75) is 71.4 Å². The molecule has 1 aliphatic carbocycles. The molecule has 3 unspecified atom stereocenters. The number of rotatable bonds is 6. The summed E-state index contributed by atoms with van der Waals surface area (Å²) >= 11 is 0. The summed E-state index contributed by atoms with van der Waals surface area (Å²) in [5.74, 6) is -0.362. The summed E-state index contributed by atoms with van der Waals surface area (Å²) in [5.41, 5.74) is 0.545. The minimum Gasteiger partial charge on any atom is -0.247 e. The minimum absolute atomic E-state index is 0.394. The van der Waals surface area contributed by atoms with E-state index in [-0.39, 0.29) is 0 Å². The maximum atomic E-state index is 14.8. The van der Waals surface area contributed by atoms with E-state index in [1.165, 1.54) is 31.7 Å². The van der Waals surface area contributed by atoms with Crippen molar-refractivity contribution in [1.29, 1.82) is 0 Å². The largest absolute Gasteiger partial charge is 0.247 e. The SMILES string of the molecule is CCC(CC(F)C(C)c1ccc(F)c(F)c1)C1CCC(C)CC1. The van der Waals surface area contributed by atoms with E-state index in [4.69, 9.17) is 0 Å². The smallest absolute Gasteiger partial charge is 0.159 e. The Labute approximate surface area is 138 Å². The van der Waals surface area contributed by atoms with Crippen LogP contribution in [0.15, 0.2) is 18.2 Å². The standard InChI is InChI=1S/C20H29F3/c1-4-15(16-7-5-13(2)6-8-16)11-19(22)14(3)17-9-10-18(21)20(23)12-17/h9-10,12-16,19H,4-8,11H2,1-3H3. The van der Waals surface area contributed by atoms with Crippen molar-refractivity contribution in [2.24, 2.45) is 17.8 Å². The van der Waals surface area contributed by atoms with Crippen LogP contribution in [0.4, 0.5) is 13.2 Å². The van der Waals surface area contributed by atoms with Gasteiger partial charge in [-0.2, -0.15) is 0 Å². The molecule has 130 valence electrons. The highest BCUT2D eigenvalue weighted by Gasteiger charge is 2.29. The average Bonchev–Trinajstić information content (AvgIpc) is 2.55. The monoisotopic (exact) mass is 326 g/mol. The Kier molecular flexibility index (Phi) is 6.55. The van der Waals surface area contributed by atoms with Crippen LogP contribution in [0.25, 0.3) is 0 Å². The molecule has 1 fully saturated rings. The van der Waals surface area contributed by atoms with E-state index in [9.17, 15) is 13.2 Å². The minimum atomic E-state index is -1.01. The highest BCUT2D eigenvalue weighted by molar-refractivity contribution is 5.22. The van der Waals surface area contributed by atoms with Gasteiger partial charge in [0.15, 0.2) is 11.6 Å². The molecule has 1 saturated carbocycles. The Morgan fingerprint density at radius 1 is 1.09 bits per heavy atom. The summed E-state index contributed by atoms with van der Waals surface area (Å²) in [5, 5.41) is 0. The lowest BCUT2D eigenvalue weighted by molar-refractivity contribution is 0.150. The fourth-order valence-electron chi connectivity index (χ4n) is 3.95. The lowest BCUT2D eigenvalue weighted by Crippen LogP contribution is -2.25. The highest BCUT2D eigenvalue weighted by Crippen LogP contribution is 2.38. The third kappa shape index (κ3) is 4.74. The van der Waals surface area contributed by atoms with Gasteiger partial charge in [0, 0.05) is 5.92 Å². The first-order valence-electron chi connectivity index (χ1n) is 9.01. The number of alkyl halides is 1. The second kappa shape index (κ2) is 8.21. The summed E-state index contributed by atoms with van der Waals surface area (Å²) in [4.78, 5) is 0. The first-order chi connectivity index (χ1) is 10.9. The third-order valence-corrected chi connectivity index (χ3v) is 5.79. The number of benzene rings is 1. The van der Waals surface area contributed by atoms with Gasteiger partial charge in [0.05, 0.1) is 0 Å². The maximum absolute atomic E-state index is 14.8. The van der Waals surface area contributed by atoms with E-state index in [0.717, 1.165) is 24.5 Å². The summed E-state index contributed by atoms with van der Waals surface area (Å²) in [6, 6.07) is 3.72. The zero-order valence-electron chi connectivity index (χ0n) is 14.5. The molecule has 0 N–H and O–H groups in total. The molecule has 1 aromatic rings. The van der Waals surface area contributed by atoms with Crippen LogP contribution in [-0.2, 0) is 0 Å². The zero-order chi connectivity index (χ0) is 17.0. The Morgan fingerprint density at radius 3 is 2.30 bits per heavy atom. The highest BCUT2D eigenvalue weighted by atomic mass is 19.2. The lowest BCUT2D eigenvalue weighted by atomic mass is 9.73. The lowest BCUT2D eigenvalue weighted by Gasteiger charge is -2.34. The molecule has 23 heavy (non-hydrogen) atoms. The van der Waals surface area contributed by atoms with Gasteiger partial charge < -0.3 is 0 Å². The van der Waals surface area contributed by atoms with Crippen LogP contribution in [0.3, 0.4) is 0 Å². The van der Waals surface area contributed by atoms with Crippen molar-refractivity contribution in [1.82, 2.24) is 0 Å². The predicted molar refractivity (Wildman–Crippen MR) is 89.2 cm³/mol. The van der Waals surface area contributed by atoms with Gasteiger partial charge in [0.1, 0.15) is 6.17 Å². The van der Waals surface area contributed by atoms with Crippen molar-refractivity contribution < 1.29 is 13.2 Å². The zero-order valence-corrected chi connectivity index (χ0v) is 14.5. The summed E-state index contributed by atoms with van der Waals surface area (Å²) < 4.78 is 41.2.